The summed E-state index contributed by atoms with van der Waals surface area (Å²) in [6.07, 6.45) is 0.809. The summed E-state index contributed by atoms with van der Waals surface area (Å²) < 4.78 is 1.92. The Labute approximate surface area is 186 Å². The van der Waals surface area contributed by atoms with Crippen molar-refractivity contribution in [2.24, 2.45) is 0 Å². The van der Waals surface area contributed by atoms with Gasteiger partial charge in [-0.1, -0.05) is 72.8 Å². The molecule has 3 aromatic carbocycles. The fraction of sp³-hybridized carbons (Fsp3) is 0.192. The normalized spacial score (nSPS) is 15.2. The van der Waals surface area contributed by atoms with Gasteiger partial charge in [0.1, 0.15) is 6.04 Å². The average molecular weight is 425 g/mol. The number of carbonyl (C=O) groups excluding carboxylic acids is 2. The van der Waals surface area contributed by atoms with E-state index in [2.05, 4.69) is 17.4 Å². The number of nitrogens with one attached hydrogen (secondary N) is 1. The van der Waals surface area contributed by atoms with Gasteiger partial charge in [-0.05, 0) is 29.7 Å². The predicted octanol–water partition coefficient (Wildman–Crippen LogP) is 3.87. The zero-order valence-corrected chi connectivity index (χ0v) is 17.6. The largest absolute Gasteiger partial charge is 0.352 e. The van der Waals surface area contributed by atoms with Gasteiger partial charge in [-0.15, -0.1) is 0 Å². The Morgan fingerprint density at radius 2 is 1.53 bits per heavy atom. The number of para-hydroxylation sites is 2. The van der Waals surface area contributed by atoms with E-state index >= 15 is 0 Å². The van der Waals surface area contributed by atoms with E-state index in [0.29, 0.717) is 19.0 Å². The maximum absolute atomic E-state index is 13.4. The van der Waals surface area contributed by atoms with Gasteiger partial charge in [-0.25, -0.2) is 4.98 Å². The van der Waals surface area contributed by atoms with Crippen molar-refractivity contribution in [3.05, 3.63) is 96.1 Å². The molecule has 6 nitrogen and oxygen atoms in total. The molecule has 2 heterocycles. The Hall–Kier alpha value is -3.93. The van der Waals surface area contributed by atoms with Gasteiger partial charge in [0.25, 0.3) is 5.91 Å². The molecule has 160 valence electrons. The average Bonchev–Trinajstić information content (AvgIpc) is 3.32. The Bertz CT molecular complexity index is 1250. The number of benzene rings is 3. The van der Waals surface area contributed by atoms with Crippen molar-refractivity contribution < 1.29 is 9.59 Å². The smallest absolute Gasteiger partial charge is 0.253 e. The molecular weight excluding hydrogens is 400 g/mol. The SMILES string of the molecule is O=C(CC1C(=O)N(CCc2ccccc2)c2nc3ccccc3n21)NCc1ccccc1. The molecule has 2 amide bonds. The minimum Gasteiger partial charge on any atom is -0.352 e. The summed E-state index contributed by atoms with van der Waals surface area (Å²) in [4.78, 5) is 32.6. The minimum absolute atomic E-state index is 0.0796. The fourth-order valence-electron chi connectivity index (χ4n) is 4.24. The Morgan fingerprint density at radius 1 is 0.875 bits per heavy atom. The van der Waals surface area contributed by atoms with Crippen LogP contribution in [-0.2, 0) is 22.6 Å². The molecule has 1 unspecified atom stereocenters. The second-order valence-corrected chi connectivity index (χ2v) is 7.98. The number of imidazole rings is 1. The third-order valence-electron chi connectivity index (χ3n) is 5.86. The monoisotopic (exact) mass is 424 g/mol. The molecule has 1 aliphatic rings. The van der Waals surface area contributed by atoms with Gasteiger partial charge in [-0.2, -0.15) is 0 Å². The number of aromatic nitrogens is 2. The molecule has 0 saturated heterocycles. The van der Waals surface area contributed by atoms with Crippen molar-refractivity contribution in [1.29, 1.82) is 0 Å². The van der Waals surface area contributed by atoms with E-state index in [4.69, 9.17) is 4.98 Å². The van der Waals surface area contributed by atoms with Crippen LogP contribution in [-0.4, -0.2) is 27.9 Å². The highest BCUT2D eigenvalue weighted by molar-refractivity contribution is 6.03. The van der Waals surface area contributed by atoms with E-state index in [9.17, 15) is 9.59 Å². The molecule has 6 heteroatoms. The first-order valence-corrected chi connectivity index (χ1v) is 10.8. The highest BCUT2D eigenvalue weighted by Gasteiger charge is 2.40. The first-order valence-electron chi connectivity index (χ1n) is 10.8. The van der Waals surface area contributed by atoms with Gasteiger partial charge < -0.3 is 5.32 Å². The number of hydrogen-bond donors (Lipinski definition) is 1. The Kier molecular flexibility index (Phi) is 5.42. The molecule has 1 aromatic heterocycles. The van der Waals surface area contributed by atoms with Gasteiger partial charge in [0.15, 0.2) is 0 Å². The highest BCUT2D eigenvalue weighted by Crippen LogP contribution is 2.36. The second-order valence-electron chi connectivity index (χ2n) is 7.98. The molecule has 1 aliphatic heterocycles. The van der Waals surface area contributed by atoms with Crippen LogP contribution < -0.4 is 10.2 Å². The molecule has 0 spiro atoms. The Morgan fingerprint density at radius 3 is 2.28 bits per heavy atom. The van der Waals surface area contributed by atoms with Crippen LogP contribution in [0.1, 0.15) is 23.6 Å². The van der Waals surface area contributed by atoms with Gasteiger partial charge >= 0.3 is 0 Å². The van der Waals surface area contributed by atoms with E-state index in [1.807, 2.05) is 77.4 Å². The van der Waals surface area contributed by atoms with Gasteiger partial charge in [0.2, 0.25) is 11.9 Å². The van der Waals surface area contributed by atoms with Crippen LogP contribution >= 0.6 is 0 Å². The lowest BCUT2D eigenvalue weighted by atomic mass is 10.1. The third kappa shape index (κ3) is 3.87. The summed E-state index contributed by atoms with van der Waals surface area (Å²) in [6, 6.07) is 27.0. The predicted molar refractivity (Wildman–Crippen MR) is 124 cm³/mol. The van der Waals surface area contributed by atoms with Crippen LogP contribution in [0.2, 0.25) is 0 Å². The minimum atomic E-state index is -0.594. The maximum atomic E-state index is 13.4. The molecule has 1 atom stereocenters. The standard InChI is InChI=1S/C26H24N4O2/c31-24(27-18-20-11-5-2-6-12-20)17-23-25(32)29(16-15-19-9-3-1-4-10-19)26-28-21-13-7-8-14-22(21)30(23)26/h1-14,23H,15-18H2,(H,27,31). The first kappa shape index (κ1) is 20.0. The lowest BCUT2D eigenvalue weighted by Crippen LogP contribution is -2.34. The number of fused-ring (bicyclic) bond motifs is 3. The van der Waals surface area contributed by atoms with Crippen LogP contribution in [0.5, 0.6) is 0 Å². The van der Waals surface area contributed by atoms with E-state index < -0.39 is 6.04 Å². The van der Waals surface area contributed by atoms with Crippen LogP contribution in [0.15, 0.2) is 84.9 Å². The summed E-state index contributed by atoms with van der Waals surface area (Å²) in [6.45, 7) is 0.962. The van der Waals surface area contributed by atoms with Gasteiger partial charge in [0.05, 0.1) is 17.5 Å². The topological polar surface area (TPSA) is 67.2 Å². The molecule has 0 bridgehead atoms. The molecule has 0 saturated carbocycles. The first-order chi connectivity index (χ1) is 15.7. The van der Waals surface area contributed by atoms with Gasteiger partial charge in [-0.3, -0.25) is 19.1 Å². The van der Waals surface area contributed by atoms with E-state index in [1.54, 1.807) is 4.90 Å². The third-order valence-corrected chi connectivity index (χ3v) is 5.86. The second kappa shape index (κ2) is 8.67. The molecule has 32 heavy (non-hydrogen) atoms. The van der Waals surface area contributed by atoms with E-state index in [-0.39, 0.29) is 18.2 Å². The number of amides is 2. The lowest BCUT2D eigenvalue weighted by Gasteiger charge is -2.16. The summed E-state index contributed by atoms with van der Waals surface area (Å²) in [5.74, 6) is 0.387. The number of nitrogens with zero attached hydrogens (tertiary/aromatic N) is 3. The molecular formula is C26H24N4O2. The maximum Gasteiger partial charge on any atom is 0.253 e. The van der Waals surface area contributed by atoms with Crippen LogP contribution in [0.4, 0.5) is 5.95 Å². The summed E-state index contributed by atoms with van der Waals surface area (Å²) in [7, 11) is 0. The van der Waals surface area contributed by atoms with Crippen molar-refractivity contribution in [1.82, 2.24) is 14.9 Å². The number of rotatable bonds is 7. The van der Waals surface area contributed by atoms with E-state index in [0.717, 1.165) is 28.6 Å². The van der Waals surface area contributed by atoms with E-state index in [1.165, 1.54) is 0 Å². The summed E-state index contributed by atoms with van der Waals surface area (Å²) in [5, 5.41) is 2.95. The van der Waals surface area contributed by atoms with Crippen LogP contribution in [0.25, 0.3) is 11.0 Å². The molecule has 5 rings (SSSR count). The fourth-order valence-corrected chi connectivity index (χ4v) is 4.24. The molecule has 0 radical (unpaired) electrons. The zero-order chi connectivity index (χ0) is 21.9. The summed E-state index contributed by atoms with van der Waals surface area (Å²) in [5.41, 5.74) is 3.89. The van der Waals surface area contributed by atoms with Gasteiger partial charge in [0, 0.05) is 13.1 Å². The van der Waals surface area contributed by atoms with Crippen molar-refractivity contribution in [2.75, 3.05) is 11.4 Å². The highest BCUT2D eigenvalue weighted by atomic mass is 16.2. The van der Waals surface area contributed by atoms with Crippen molar-refractivity contribution in [2.45, 2.75) is 25.4 Å². The quantitative estimate of drug-likeness (QED) is 0.490. The van der Waals surface area contributed by atoms with Crippen molar-refractivity contribution in [3.63, 3.8) is 0 Å². The molecule has 1 N–H and O–H groups in total. The molecule has 0 fully saturated rings. The van der Waals surface area contributed by atoms with Crippen molar-refractivity contribution >= 4 is 28.8 Å². The van der Waals surface area contributed by atoms with Crippen molar-refractivity contribution in [3.8, 4) is 0 Å². The van der Waals surface area contributed by atoms with Crippen LogP contribution in [0.3, 0.4) is 0 Å². The van der Waals surface area contributed by atoms with Crippen LogP contribution in [0, 0.1) is 0 Å². The lowest BCUT2D eigenvalue weighted by molar-refractivity contribution is -0.127. The molecule has 4 aromatic rings. The summed E-state index contributed by atoms with van der Waals surface area (Å²) >= 11 is 0. The zero-order valence-electron chi connectivity index (χ0n) is 17.6. The Balaban J connectivity index is 1.38. The number of carbonyl (C=O) groups is 2. The molecule has 0 aliphatic carbocycles. The number of hydrogen-bond acceptors (Lipinski definition) is 3. The number of anilines is 1.